The largest absolute Gasteiger partial charge is 0.144 e. The van der Waals surface area contributed by atoms with Gasteiger partial charge in [0, 0.05) is 0 Å². The van der Waals surface area contributed by atoms with Gasteiger partial charge in [-0.3, -0.25) is 0 Å². The zero-order chi connectivity index (χ0) is 21.5. The minimum atomic E-state index is -5.62. The summed E-state index contributed by atoms with van der Waals surface area (Å²) in [5, 5.41) is 5.55. The van der Waals surface area contributed by atoms with Crippen LogP contribution in [0.5, 0.6) is 0 Å². The molecule has 4 nitrogen and oxygen atoms in total. The van der Waals surface area contributed by atoms with Crippen LogP contribution in [-0.4, -0.2) is 0 Å². The van der Waals surface area contributed by atoms with Crippen molar-refractivity contribution in [3.8, 4) is 0 Å². The van der Waals surface area contributed by atoms with E-state index in [2.05, 4.69) is 121 Å². The van der Waals surface area contributed by atoms with Crippen LogP contribution in [0.3, 0.4) is 0 Å². The summed E-state index contributed by atoms with van der Waals surface area (Å²) >= 11 is -5.62. The SMILES string of the molecule is [O]=[Mn](=[O])(=[O])[O-].c1ccc([P+](c2ccccc2)(c2ccccc2)c2ccccc2)cc1. The van der Waals surface area contributed by atoms with Gasteiger partial charge >= 0.3 is 28.7 Å². The number of hydrogen-bond donors (Lipinski definition) is 0. The molecule has 0 aliphatic heterocycles. The summed E-state index contributed by atoms with van der Waals surface area (Å²) < 4.78 is 34.3. The molecule has 30 heavy (non-hydrogen) atoms. The molecule has 0 atom stereocenters. The Morgan fingerprint density at radius 3 is 0.767 bits per heavy atom. The van der Waals surface area contributed by atoms with Crippen LogP contribution in [0.2, 0.25) is 0 Å². The Kier molecular flexibility index (Phi) is 7.15. The van der Waals surface area contributed by atoms with Crippen molar-refractivity contribution in [2.24, 2.45) is 0 Å². The molecular formula is C24H20MnO4P. The van der Waals surface area contributed by atoms with E-state index in [9.17, 15) is 0 Å². The quantitative estimate of drug-likeness (QED) is 0.348. The number of hydrogen-bond acceptors (Lipinski definition) is 4. The molecule has 0 spiro atoms. The molecule has 0 N–H and O–H groups in total. The molecule has 4 rings (SSSR count). The average molecular weight is 458 g/mol. The smallest absolute Gasteiger partial charge is 0.0620 e. The standard InChI is InChI=1S/C24H20P.Mn.4O/c1-5-13-21(14-6-1)25(22-15-7-2-8-16-22,23-17-9-3-10-18-23)24-19-11-4-12-20-24;;;;;/h1-20H;;;;;/q+1;;;;;-1. The Morgan fingerprint density at radius 1 is 0.433 bits per heavy atom. The van der Waals surface area contributed by atoms with Crippen molar-refractivity contribution in [1.82, 2.24) is 0 Å². The van der Waals surface area contributed by atoms with Crippen molar-refractivity contribution in [3.05, 3.63) is 121 Å². The Balaban J connectivity index is 0.000000461. The van der Waals surface area contributed by atoms with Crippen LogP contribution in [-0.2, 0) is 24.5 Å². The molecule has 4 aromatic rings. The normalized spacial score (nSPS) is 11.2. The summed E-state index contributed by atoms with van der Waals surface area (Å²) in [5.74, 6) is 0. The van der Waals surface area contributed by atoms with Crippen molar-refractivity contribution in [1.29, 1.82) is 0 Å². The molecule has 0 amide bonds. The molecule has 0 bridgehead atoms. The molecule has 0 saturated heterocycles. The van der Waals surface area contributed by atoms with E-state index < -0.39 is 20.2 Å². The maximum atomic E-state index is 8.58. The molecule has 0 radical (unpaired) electrons. The van der Waals surface area contributed by atoms with E-state index in [1.165, 1.54) is 21.2 Å². The first-order chi connectivity index (χ1) is 14.4. The van der Waals surface area contributed by atoms with E-state index in [0.29, 0.717) is 0 Å². The van der Waals surface area contributed by atoms with Crippen molar-refractivity contribution >= 4 is 28.5 Å². The monoisotopic (exact) mass is 458 g/mol. The van der Waals surface area contributed by atoms with E-state index in [1.807, 2.05) is 0 Å². The Morgan fingerprint density at radius 2 is 0.600 bits per heavy atom. The summed E-state index contributed by atoms with van der Waals surface area (Å²) in [5.41, 5.74) is 0. The third-order valence-corrected chi connectivity index (χ3v) is 8.86. The fourth-order valence-corrected chi connectivity index (χ4v) is 7.77. The number of rotatable bonds is 4. The van der Waals surface area contributed by atoms with Crippen molar-refractivity contribution in [3.63, 3.8) is 0 Å². The third-order valence-electron chi connectivity index (χ3n) is 4.57. The fraction of sp³-hybridized carbons (Fsp3) is 0. The van der Waals surface area contributed by atoms with Crippen LogP contribution < -0.4 is 25.4 Å². The van der Waals surface area contributed by atoms with Gasteiger partial charge in [0.2, 0.25) is 0 Å². The first-order valence-corrected chi connectivity index (χ1v) is 12.9. The van der Waals surface area contributed by atoms with E-state index in [1.54, 1.807) is 0 Å². The zero-order valence-electron chi connectivity index (χ0n) is 16.0. The van der Waals surface area contributed by atoms with Gasteiger partial charge in [-0.2, -0.15) is 0 Å². The van der Waals surface area contributed by atoms with E-state index in [0.717, 1.165) is 0 Å². The maximum Gasteiger partial charge on any atom is 0.144 e. The molecule has 0 aliphatic carbocycles. The summed E-state index contributed by atoms with van der Waals surface area (Å²) in [6, 6.07) is 43.8. The molecule has 0 unspecified atom stereocenters. The molecule has 0 saturated carbocycles. The van der Waals surface area contributed by atoms with Crippen LogP contribution in [0.4, 0.5) is 0 Å². The average Bonchev–Trinajstić information content (AvgIpc) is 2.76. The Bertz CT molecular complexity index is 1050. The molecule has 0 fully saturated rings. The van der Waals surface area contributed by atoms with Crippen LogP contribution in [0.1, 0.15) is 0 Å². The van der Waals surface area contributed by atoms with Gasteiger partial charge in [-0.15, -0.1) is 0 Å². The predicted molar refractivity (Wildman–Crippen MR) is 113 cm³/mol. The molecule has 152 valence electrons. The predicted octanol–water partition coefficient (Wildman–Crippen LogP) is 2.76. The molecular weight excluding hydrogens is 438 g/mol. The summed E-state index contributed by atoms with van der Waals surface area (Å²) in [6.07, 6.45) is 0. The van der Waals surface area contributed by atoms with Gasteiger partial charge in [0.15, 0.2) is 0 Å². The van der Waals surface area contributed by atoms with E-state index in [-0.39, 0.29) is 0 Å². The van der Waals surface area contributed by atoms with Gasteiger partial charge in [0.1, 0.15) is 28.5 Å². The first-order valence-electron chi connectivity index (χ1n) is 9.15. The Labute approximate surface area is 178 Å². The topological polar surface area (TPSA) is 74.3 Å². The second-order valence-corrected chi connectivity index (χ2v) is 11.0. The summed E-state index contributed by atoms with van der Waals surface area (Å²) in [6.45, 7) is 0. The first kappa shape index (κ1) is 21.9. The number of benzene rings is 4. The van der Waals surface area contributed by atoms with Crippen molar-refractivity contribution < 1.29 is 28.7 Å². The molecule has 0 heterocycles. The molecule has 0 aromatic heterocycles. The molecule has 6 heteroatoms. The second kappa shape index (κ2) is 9.79. The fourth-order valence-electron chi connectivity index (χ4n) is 3.50. The zero-order valence-corrected chi connectivity index (χ0v) is 18.1. The maximum absolute atomic E-state index is 8.58. The van der Waals surface area contributed by atoms with Crippen LogP contribution in [0.25, 0.3) is 0 Å². The van der Waals surface area contributed by atoms with Gasteiger partial charge in [-0.05, 0) is 48.5 Å². The summed E-state index contributed by atoms with van der Waals surface area (Å²) in [4.78, 5) is 0. The second-order valence-electron chi connectivity index (χ2n) is 6.39. The van der Waals surface area contributed by atoms with Crippen molar-refractivity contribution in [2.75, 3.05) is 0 Å². The van der Waals surface area contributed by atoms with Gasteiger partial charge in [-0.25, -0.2) is 0 Å². The minimum Gasteiger partial charge on any atom is -0.0620 e. The van der Waals surface area contributed by atoms with Crippen molar-refractivity contribution in [2.45, 2.75) is 0 Å². The van der Waals surface area contributed by atoms with Crippen LogP contribution in [0.15, 0.2) is 121 Å². The molecule has 4 aromatic carbocycles. The third kappa shape index (κ3) is 5.21. The van der Waals surface area contributed by atoms with E-state index in [4.69, 9.17) is 15.7 Å². The molecule has 0 aliphatic rings. The van der Waals surface area contributed by atoms with Gasteiger partial charge < -0.3 is 0 Å². The van der Waals surface area contributed by atoms with Gasteiger partial charge in [0.05, 0.1) is 0 Å². The van der Waals surface area contributed by atoms with Gasteiger partial charge in [-0.1, -0.05) is 72.8 Å². The summed E-state index contributed by atoms with van der Waals surface area (Å²) in [7, 11) is -1.91. The van der Waals surface area contributed by atoms with Crippen LogP contribution >= 0.6 is 7.26 Å². The van der Waals surface area contributed by atoms with Crippen LogP contribution in [0, 0.1) is 0 Å². The Hall–Kier alpha value is -2.81. The van der Waals surface area contributed by atoms with E-state index >= 15 is 0 Å². The van der Waals surface area contributed by atoms with Gasteiger partial charge in [0.25, 0.3) is 0 Å². The minimum absolute atomic E-state index is 1.39.